The normalized spacial score (nSPS) is 17.3. The standard InChI is InChI=1S/C23H20N4O3S/c1-29-20-7-13-3-5-26-18(15(13)8-21(20)30-2)9-19-17(23(26)28)10-24-22-16(11-25-27(19)22)14-4-6-31-12-14/h4,6-8,10-12,18H,3,5,9H2,1-2H3/t18-/m0/s1. The summed E-state index contributed by atoms with van der Waals surface area (Å²) in [5.41, 5.74) is 6.69. The van der Waals surface area contributed by atoms with Gasteiger partial charge in [0.15, 0.2) is 17.1 Å². The molecule has 0 N–H and O–H groups in total. The minimum absolute atomic E-state index is 0.00803. The van der Waals surface area contributed by atoms with Crippen LogP contribution in [-0.4, -0.2) is 46.2 Å². The van der Waals surface area contributed by atoms with Gasteiger partial charge in [-0.05, 0) is 52.1 Å². The smallest absolute Gasteiger partial charge is 0.257 e. The van der Waals surface area contributed by atoms with Crippen molar-refractivity contribution in [1.29, 1.82) is 0 Å². The fourth-order valence-electron chi connectivity index (χ4n) is 4.80. The molecule has 7 nitrogen and oxygen atoms in total. The topological polar surface area (TPSA) is 69.0 Å². The second-order valence-corrected chi connectivity index (χ2v) is 8.58. The number of aromatic nitrogens is 3. The first-order valence-corrected chi connectivity index (χ1v) is 11.1. The van der Waals surface area contributed by atoms with Gasteiger partial charge in [0, 0.05) is 24.7 Å². The molecule has 3 aromatic heterocycles. The summed E-state index contributed by atoms with van der Waals surface area (Å²) in [4.78, 5) is 20.0. The van der Waals surface area contributed by atoms with Crippen molar-refractivity contribution in [1.82, 2.24) is 19.5 Å². The van der Waals surface area contributed by atoms with Gasteiger partial charge in [-0.1, -0.05) is 0 Å². The van der Waals surface area contributed by atoms with Crippen molar-refractivity contribution in [2.24, 2.45) is 0 Å². The number of nitrogens with zero attached hydrogens (tertiary/aromatic N) is 4. The van der Waals surface area contributed by atoms with Gasteiger partial charge in [0.2, 0.25) is 0 Å². The van der Waals surface area contributed by atoms with E-state index >= 15 is 0 Å². The van der Waals surface area contributed by atoms with Gasteiger partial charge in [0.25, 0.3) is 5.91 Å². The maximum atomic E-state index is 13.4. The molecule has 1 aromatic carbocycles. The van der Waals surface area contributed by atoms with Crippen molar-refractivity contribution in [3.63, 3.8) is 0 Å². The Kier molecular flexibility index (Phi) is 4.04. The summed E-state index contributed by atoms with van der Waals surface area (Å²) >= 11 is 1.64. The van der Waals surface area contributed by atoms with Crippen LogP contribution in [0.1, 0.15) is 33.2 Å². The Morgan fingerprint density at radius 1 is 1.13 bits per heavy atom. The Labute approximate surface area is 182 Å². The van der Waals surface area contributed by atoms with E-state index in [0.717, 1.165) is 40.2 Å². The van der Waals surface area contributed by atoms with Crippen molar-refractivity contribution >= 4 is 22.9 Å². The average molecular weight is 433 g/mol. The van der Waals surface area contributed by atoms with Gasteiger partial charge in [0.05, 0.1) is 37.7 Å². The molecular weight excluding hydrogens is 412 g/mol. The zero-order valence-corrected chi connectivity index (χ0v) is 18.0. The predicted octanol–water partition coefficient (Wildman–Crippen LogP) is 3.77. The molecule has 1 amide bonds. The highest BCUT2D eigenvalue weighted by Crippen LogP contribution is 2.42. The summed E-state index contributed by atoms with van der Waals surface area (Å²) in [6.07, 6.45) is 5.01. The van der Waals surface area contributed by atoms with Crippen LogP contribution in [0.15, 0.2) is 41.4 Å². The van der Waals surface area contributed by atoms with Gasteiger partial charge in [-0.3, -0.25) is 4.79 Å². The summed E-state index contributed by atoms with van der Waals surface area (Å²) in [5.74, 6) is 1.41. The molecule has 0 radical (unpaired) electrons. The molecule has 0 fully saturated rings. The Morgan fingerprint density at radius 3 is 2.74 bits per heavy atom. The number of benzene rings is 1. The average Bonchev–Trinajstić information content (AvgIpc) is 3.47. The number of fused-ring (bicyclic) bond motifs is 6. The second-order valence-electron chi connectivity index (χ2n) is 7.80. The Balaban J connectivity index is 1.50. The van der Waals surface area contributed by atoms with Crippen molar-refractivity contribution in [3.8, 4) is 22.6 Å². The molecule has 1 atom stereocenters. The van der Waals surface area contributed by atoms with Crippen molar-refractivity contribution in [3.05, 3.63) is 63.7 Å². The Bertz CT molecular complexity index is 1330. The maximum absolute atomic E-state index is 13.4. The van der Waals surface area contributed by atoms with Crippen LogP contribution in [0.4, 0.5) is 0 Å². The molecule has 2 aliphatic heterocycles. The lowest BCUT2D eigenvalue weighted by atomic mass is 9.85. The fourth-order valence-corrected chi connectivity index (χ4v) is 5.46. The van der Waals surface area contributed by atoms with Crippen molar-refractivity contribution in [2.75, 3.05) is 20.8 Å². The molecule has 0 aliphatic carbocycles. The minimum atomic E-state index is -0.0667. The largest absolute Gasteiger partial charge is 0.493 e. The van der Waals surface area contributed by atoms with Gasteiger partial charge >= 0.3 is 0 Å². The lowest BCUT2D eigenvalue weighted by Crippen LogP contribution is -2.45. The molecule has 2 aliphatic rings. The third kappa shape index (κ3) is 2.61. The van der Waals surface area contributed by atoms with E-state index in [1.165, 1.54) is 5.56 Å². The maximum Gasteiger partial charge on any atom is 0.257 e. The first-order chi connectivity index (χ1) is 15.2. The molecule has 0 bridgehead atoms. The molecule has 156 valence electrons. The van der Waals surface area contributed by atoms with Crippen LogP contribution >= 0.6 is 11.3 Å². The zero-order valence-electron chi connectivity index (χ0n) is 17.2. The highest BCUT2D eigenvalue weighted by Gasteiger charge is 2.39. The van der Waals surface area contributed by atoms with Gasteiger partial charge in [-0.2, -0.15) is 16.4 Å². The summed E-state index contributed by atoms with van der Waals surface area (Å²) < 4.78 is 12.9. The minimum Gasteiger partial charge on any atom is -0.493 e. The summed E-state index contributed by atoms with van der Waals surface area (Å²) in [7, 11) is 3.28. The first kappa shape index (κ1) is 18.4. The molecule has 31 heavy (non-hydrogen) atoms. The van der Waals surface area contributed by atoms with Gasteiger partial charge in [-0.15, -0.1) is 0 Å². The van der Waals surface area contributed by atoms with E-state index in [4.69, 9.17) is 9.47 Å². The zero-order chi connectivity index (χ0) is 21.1. The molecule has 4 aromatic rings. The van der Waals surface area contributed by atoms with Crippen LogP contribution in [0.3, 0.4) is 0 Å². The lowest BCUT2D eigenvalue weighted by molar-refractivity contribution is 0.0626. The highest BCUT2D eigenvalue weighted by atomic mass is 32.1. The number of amides is 1. The lowest BCUT2D eigenvalue weighted by Gasteiger charge is -2.41. The molecule has 0 spiro atoms. The van der Waals surface area contributed by atoms with Gasteiger partial charge in [-0.25, -0.2) is 9.50 Å². The van der Waals surface area contributed by atoms with E-state index in [9.17, 15) is 4.79 Å². The molecular formula is C23H20N4O3S. The van der Waals surface area contributed by atoms with Gasteiger partial charge < -0.3 is 14.4 Å². The highest BCUT2D eigenvalue weighted by molar-refractivity contribution is 7.08. The fraction of sp³-hybridized carbons (Fsp3) is 0.261. The summed E-state index contributed by atoms with van der Waals surface area (Å²) in [6.45, 7) is 0.669. The van der Waals surface area contributed by atoms with E-state index in [2.05, 4.69) is 21.5 Å². The molecule has 0 saturated heterocycles. The van der Waals surface area contributed by atoms with Crippen LogP contribution in [-0.2, 0) is 12.8 Å². The Morgan fingerprint density at radius 2 is 1.97 bits per heavy atom. The van der Waals surface area contributed by atoms with Crippen molar-refractivity contribution in [2.45, 2.75) is 18.9 Å². The van der Waals surface area contributed by atoms with E-state index in [1.54, 1.807) is 31.8 Å². The predicted molar refractivity (Wildman–Crippen MR) is 117 cm³/mol. The van der Waals surface area contributed by atoms with Crippen LogP contribution < -0.4 is 9.47 Å². The molecule has 0 unspecified atom stereocenters. The van der Waals surface area contributed by atoms with Crippen LogP contribution in [0, 0.1) is 0 Å². The number of carbonyl (C=O) groups is 1. The SMILES string of the molecule is COc1cc2c(cc1OC)[C@@H]1Cc3c(cnc4c(-c5ccsc5)cnn34)C(=O)N1CC2. The molecule has 5 heterocycles. The van der Waals surface area contributed by atoms with E-state index in [-0.39, 0.29) is 11.9 Å². The molecule has 8 heteroatoms. The van der Waals surface area contributed by atoms with Crippen LogP contribution in [0.5, 0.6) is 11.5 Å². The van der Waals surface area contributed by atoms with Crippen LogP contribution in [0.25, 0.3) is 16.8 Å². The molecule has 6 rings (SSSR count). The van der Waals surface area contributed by atoms with E-state index < -0.39 is 0 Å². The number of methoxy groups -OCH3 is 2. The number of ether oxygens (including phenoxy) is 2. The molecule has 0 saturated carbocycles. The first-order valence-electron chi connectivity index (χ1n) is 10.1. The third-order valence-electron chi connectivity index (χ3n) is 6.34. The number of thiophene rings is 1. The quantitative estimate of drug-likeness (QED) is 0.493. The van der Waals surface area contributed by atoms with Gasteiger partial charge in [0.1, 0.15) is 0 Å². The second kappa shape index (κ2) is 6.81. The number of rotatable bonds is 3. The number of hydrogen-bond donors (Lipinski definition) is 0. The van der Waals surface area contributed by atoms with Crippen molar-refractivity contribution < 1.29 is 14.3 Å². The summed E-state index contributed by atoms with van der Waals surface area (Å²) in [5, 5.41) is 8.75. The van der Waals surface area contributed by atoms with Crippen LogP contribution in [0.2, 0.25) is 0 Å². The number of hydrogen-bond acceptors (Lipinski definition) is 6. The summed E-state index contributed by atoms with van der Waals surface area (Å²) in [6, 6.07) is 6.05. The van der Waals surface area contributed by atoms with E-state index in [1.807, 2.05) is 33.1 Å². The number of carbonyl (C=O) groups excluding carboxylic acids is 1. The van der Waals surface area contributed by atoms with E-state index in [0.29, 0.717) is 24.3 Å². The Hall–Kier alpha value is -3.39. The monoisotopic (exact) mass is 432 g/mol. The third-order valence-corrected chi connectivity index (χ3v) is 7.02.